The quantitative estimate of drug-likeness (QED) is 0.269. The summed E-state index contributed by atoms with van der Waals surface area (Å²) in [5, 5.41) is 15.6. The van der Waals surface area contributed by atoms with Crippen LogP contribution in [0, 0.1) is 10.1 Å². The lowest BCUT2D eigenvalue weighted by atomic mass is 10.1. The number of hydrogen-bond donors (Lipinski definition) is 2. The zero-order valence-electron chi connectivity index (χ0n) is 12.8. The lowest BCUT2D eigenvalue weighted by molar-refractivity contribution is -0.387. The van der Waals surface area contributed by atoms with Gasteiger partial charge in [-0.2, -0.15) is 0 Å². The number of nitro groups is 1. The van der Waals surface area contributed by atoms with Gasteiger partial charge in [0.1, 0.15) is 5.57 Å². The summed E-state index contributed by atoms with van der Waals surface area (Å²) < 4.78 is 0. The molecule has 2 N–H and O–H groups in total. The molecule has 10 nitrogen and oxygen atoms in total. The lowest BCUT2D eigenvalue weighted by Crippen LogP contribution is -2.51. The fourth-order valence-corrected chi connectivity index (χ4v) is 2.86. The van der Waals surface area contributed by atoms with E-state index in [0.29, 0.717) is 10.1 Å². The molecule has 1 aliphatic heterocycles. The Kier molecular flexibility index (Phi) is 4.71. The first-order chi connectivity index (χ1) is 12.4. The van der Waals surface area contributed by atoms with Gasteiger partial charge in [-0.15, -0.1) is 0 Å². The Bertz CT molecular complexity index is 938. The molecule has 1 aromatic heterocycles. The van der Waals surface area contributed by atoms with Crippen LogP contribution in [0.2, 0.25) is 0 Å². The van der Waals surface area contributed by atoms with Crippen LogP contribution < -0.4 is 10.6 Å². The zero-order chi connectivity index (χ0) is 18.7. The van der Waals surface area contributed by atoms with Crippen LogP contribution >= 0.6 is 11.8 Å². The Hall–Kier alpha value is -3.60. The van der Waals surface area contributed by atoms with Gasteiger partial charge in [0.05, 0.1) is 9.82 Å². The molecule has 1 fully saturated rings. The number of urea groups is 1. The minimum atomic E-state index is -0.919. The molecule has 26 heavy (non-hydrogen) atoms. The van der Waals surface area contributed by atoms with Crippen LogP contribution in [0.5, 0.6) is 0 Å². The van der Waals surface area contributed by atoms with Gasteiger partial charge in [-0.1, -0.05) is 6.07 Å². The number of nitro benzene ring substituents is 1. The van der Waals surface area contributed by atoms with Gasteiger partial charge >= 0.3 is 6.03 Å². The molecular formula is C15H9N5O5S. The van der Waals surface area contributed by atoms with E-state index in [9.17, 15) is 24.5 Å². The van der Waals surface area contributed by atoms with Crippen LogP contribution in [-0.4, -0.2) is 32.7 Å². The van der Waals surface area contributed by atoms with Crippen LogP contribution in [-0.2, 0) is 9.59 Å². The number of carbonyl (C=O) groups is 3. The summed E-state index contributed by atoms with van der Waals surface area (Å²) in [7, 11) is 0. The van der Waals surface area contributed by atoms with Crippen LogP contribution in [0.25, 0.3) is 6.08 Å². The van der Waals surface area contributed by atoms with Gasteiger partial charge < -0.3 is 0 Å². The molecule has 0 unspecified atom stereocenters. The average Bonchev–Trinajstić information content (AvgIpc) is 2.60. The highest BCUT2D eigenvalue weighted by Gasteiger charge is 2.28. The van der Waals surface area contributed by atoms with E-state index in [2.05, 4.69) is 9.97 Å². The first-order valence-electron chi connectivity index (χ1n) is 7.06. The van der Waals surface area contributed by atoms with E-state index in [1.165, 1.54) is 30.6 Å². The third kappa shape index (κ3) is 3.72. The summed E-state index contributed by atoms with van der Waals surface area (Å²) in [6.07, 6.45) is 4.20. The zero-order valence-corrected chi connectivity index (χ0v) is 13.6. The monoisotopic (exact) mass is 371 g/mol. The van der Waals surface area contributed by atoms with Crippen molar-refractivity contribution in [1.29, 1.82) is 0 Å². The molecule has 4 amide bonds. The maximum atomic E-state index is 11.7. The molecule has 1 aliphatic rings. The average molecular weight is 371 g/mol. The molecule has 0 aliphatic carbocycles. The number of carbonyl (C=O) groups excluding carboxylic acids is 3. The van der Waals surface area contributed by atoms with Crippen molar-refractivity contribution >= 4 is 41.4 Å². The highest BCUT2D eigenvalue weighted by atomic mass is 32.2. The van der Waals surface area contributed by atoms with E-state index < -0.39 is 22.8 Å². The Morgan fingerprint density at radius 1 is 1.08 bits per heavy atom. The summed E-state index contributed by atoms with van der Waals surface area (Å²) in [5.41, 5.74) is -0.306. The Balaban J connectivity index is 1.95. The topological polar surface area (TPSA) is 144 Å². The SMILES string of the molecule is O=C1NC(=O)C(=Cc2ccc(Sc3ncccn3)c([N+](=O)[O-])c2)C(=O)N1. The molecule has 2 aromatic rings. The van der Waals surface area contributed by atoms with E-state index >= 15 is 0 Å². The summed E-state index contributed by atoms with van der Waals surface area (Å²) in [6.45, 7) is 0. The predicted molar refractivity (Wildman–Crippen MR) is 88.9 cm³/mol. The van der Waals surface area contributed by atoms with Gasteiger partial charge in [-0.3, -0.25) is 30.3 Å². The molecule has 1 saturated heterocycles. The van der Waals surface area contributed by atoms with Crippen LogP contribution in [0.4, 0.5) is 10.5 Å². The number of aromatic nitrogens is 2. The second kappa shape index (κ2) is 7.11. The van der Waals surface area contributed by atoms with Crippen LogP contribution in [0.3, 0.4) is 0 Å². The number of amides is 4. The van der Waals surface area contributed by atoms with E-state index in [-0.39, 0.29) is 16.8 Å². The molecule has 2 heterocycles. The van der Waals surface area contributed by atoms with Gasteiger partial charge in [-0.25, -0.2) is 14.8 Å². The summed E-state index contributed by atoms with van der Waals surface area (Å²) in [5.74, 6) is -1.75. The van der Waals surface area contributed by atoms with Gasteiger partial charge in [0.2, 0.25) is 0 Å². The molecule has 0 saturated carbocycles. The molecule has 11 heteroatoms. The number of barbiturate groups is 1. The molecule has 1 aromatic carbocycles. The fourth-order valence-electron chi connectivity index (χ4n) is 2.06. The summed E-state index contributed by atoms with van der Waals surface area (Å²) in [6, 6.07) is 4.89. The molecule has 0 radical (unpaired) electrons. The van der Waals surface area contributed by atoms with Crippen molar-refractivity contribution in [3.05, 3.63) is 57.9 Å². The van der Waals surface area contributed by atoms with E-state index in [1.54, 1.807) is 6.07 Å². The Morgan fingerprint density at radius 2 is 1.73 bits per heavy atom. The number of benzene rings is 1. The maximum Gasteiger partial charge on any atom is 0.328 e. The number of rotatable bonds is 4. The van der Waals surface area contributed by atoms with Crippen molar-refractivity contribution < 1.29 is 19.3 Å². The third-order valence-corrected chi connectivity index (χ3v) is 4.14. The predicted octanol–water partition coefficient (Wildman–Crippen LogP) is 1.29. The summed E-state index contributed by atoms with van der Waals surface area (Å²) in [4.78, 5) is 53.6. The highest BCUT2D eigenvalue weighted by Crippen LogP contribution is 2.33. The minimum absolute atomic E-state index is 0.232. The van der Waals surface area contributed by atoms with Crippen LogP contribution in [0.1, 0.15) is 5.56 Å². The number of nitrogens with zero attached hydrogens (tertiary/aromatic N) is 3. The maximum absolute atomic E-state index is 11.7. The molecule has 130 valence electrons. The summed E-state index contributed by atoms with van der Waals surface area (Å²) >= 11 is 1.01. The number of hydrogen-bond acceptors (Lipinski definition) is 8. The van der Waals surface area contributed by atoms with Crippen molar-refractivity contribution in [2.24, 2.45) is 0 Å². The van der Waals surface area contributed by atoms with Crippen LogP contribution in [0.15, 0.2) is 52.3 Å². The Labute approximate surface area is 149 Å². The van der Waals surface area contributed by atoms with Crippen molar-refractivity contribution in [1.82, 2.24) is 20.6 Å². The van der Waals surface area contributed by atoms with Crippen molar-refractivity contribution in [2.75, 3.05) is 0 Å². The standard InChI is InChI=1S/C15H9N5O5S/c21-12-9(13(22)19-14(23)18-12)6-8-2-3-11(10(7-8)20(24)25)26-15-16-4-1-5-17-15/h1-7H,(H2,18,19,21,22,23). The van der Waals surface area contributed by atoms with E-state index in [4.69, 9.17) is 0 Å². The molecule has 3 rings (SSSR count). The molecule has 0 bridgehead atoms. The first kappa shape index (κ1) is 17.2. The smallest absolute Gasteiger partial charge is 0.273 e. The second-order valence-corrected chi connectivity index (χ2v) is 5.92. The normalized spacial score (nSPS) is 13.8. The highest BCUT2D eigenvalue weighted by molar-refractivity contribution is 7.99. The van der Waals surface area contributed by atoms with Gasteiger partial charge in [0, 0.05) is 18.5 Å². The second-order valence-electron chi connectivity index (χ2n) is 4.91. The molecule has 0 spiro atoms. The van der Waals surface area contributed by atoms with Crippen molar-refractivity contribution in [3.63, 3.8) is 0 Å². The largest absolute Gasteiger partial charge is 0.328 e. The Morgan fingerprint density at radius 3 is 2.35 bits per heavy atom. The molecule has 0 atom stereocenters. The fraction of sp³-hybridized carbons (Fsp3) is 0. The van der Waals surface area contributed by atoms with Gasteiger partial charge in [0.25, 0.3) is 17.5 Å². The van der Waals surface area contributed by atoms with Crippen molar-refractivity contribution in [2.45, 2.75) is 10.1 Å². The van der Waals surface area contributed by atoms with Crippen molar-refractivity contribution in [3.8, 4) is 0 Å². The minimum Gasteiger partial charge on any atom is -0.273 e. The first-order valence-corrected chi connectivity index (χ1v) is 7.87. The van der Waals surface area contributed by atoms with E-state index in [1.807, 2.05) is 10.6 Å². The third-order valence-electron chi connectivity index (χ3n) is 3.18. The van der Waals surface area contributed by atoms with Gasteiger partial charge in [-0.05, 0) is 35.5 Å². The number of nitrogens with one attached hydrogen (secondary N) is 2. The van der Waals surface area contributed by atoms with E-state index in [0.717, 1.165) is 17.8 Å². The lowest BCUT2D eigenvalue weighted by Gasteiger charge is -2.13. The van der Waals surface area contributed by atoms with Gasteiger partial charge in [0.15, 0.2) is 5.16 Å². The number of imide groups is 2. The molecular weight excluding hydrogens is 362 g/mol.